The van der Waals surface area contributed by atoms with E-state index in [9.17, 15) is 4.79 Å². The Labute approximate surface area is 184 Å². The first-order chi connectivity index (χ1) is 15.0. The summed E-state index contributed by atoms with van der Waals surface area (Å²) in [5.41, 5.74) is 4.33. The molecule has 2 atom stereocenters. The normalized spacial score (nSPS) is 12.6. The second kappa shape index (κ2) is 10.6. The van der Waals surface area contributed by atoms with Gasteiger partial charge in [0.15, 0.2) is 6.54 Å². The lowest BCUT2D eigenvalue weighted by atomic mass is 9.98. The van der Waals surface area contributed by atoms with Crippen LogP contribution in [0.25, 0.3) is 0 Å². The average Bonchev–Trinajstić information content (AvgIpc) is 2.78. The molecule has 1 amide bonds. The first-order valence-corrected chi connectivity index (χ1v) is 10.4. The fourth-order valence-corrected chi connectivity index (χ4v) is 3.72. The molecule has 5 heteroatoms. The smallest absolute Gasteiger partial charge is 0.275 e. The number of carbonyl (C=O) groups excluding carboxylic acids is 1. The van der Waals surface area contributed by atoms with Crippen molar-refractivity contribution >= 4 is 5.91 Å². The zero-order valence-electron chi connectivity index (χ0n) is 18.6. The van der Waals surface area contributed by atoms with E-state index in [0.29, 0.717) is 13.1 Å². The maximum absolute atomic E-state index is 13.0. The molecule has 2 N–H and O–H groups in total. The molecule has 1 unspecified atom stereocenters. The molecule has 0 fully saturated rings. The molecule has 3 aromatic carbocycles. The first-order valence-electron chi connectivity index (χ1n) is 10.4. The molecule has 0 aliphatic heterocycles. The van der Waals surface area contributed by atoms with Crippen molar-refractivity contribution in [2.75, 3.05) is 27.8 Å². The van der Waals surface area contributed by atoms with Crippen LogP contribution in [-0.4, -0.2) is 33.7 Å². The van der Waals surface area contributed by atoms with Gasteiger partial charge in [0.05, 0.1) is 27.3 Å². The Morgan fingerprint density at radius 3 is 2.26 bits per heavy atom. The van der Waals surface area contributed by atoms with E-state index in [2.05, 4.69) is 18.3 Å². The van der Waals surface area contributed by atoms with Crippen LogP contribution in [0.4, 0.5) is 0 Å². The lowest BCUT2D eigenvalue weighted by Crippen LogP contribution is -3.08. The lowest BCUT2D eigenvalue weighted by Gasteiger charge is -2.22. The number of ether oxygens (including phenoxy) is 2. The van der Waals surface area contributed by atoms with Gasteiger partial charge in [-0.2, -0.15) is 0 Å². The Bertz CT molecular complexity index is 987. The van der Waals surface area contributed by atoms with Crippen molar-refractivity contribution in [1.29, 1.82) is 0 Å². The predicted molar refractivity (Wildman–Crippen MR) is 123 cm³/mol. The molecule has 0 aliphatic carbocycles. The van der Waals surface area contributed by atoms with Gasteiger partial charge in [0.2, 0.25) is 0 Å². The molecule has 0 saturated carbocycles. The number of carbonyl (C=O) groups is 1. The minimum absolute atomic E-state index is 0.00575. The monoisotopic (exact) mass is 419 g/mol. The van der Waals surface area contributed by atoms with Crippen molar-refractivity contribution in [3.8, 4) is 11.5 Å². The summed E-state index contributed by atoms with van der Waals surface area (Å²) in [5, 5.41) is 3.21. The zero-order chi connectivity index (χ0) is 22.2. The van der Waals surface area contributed by atoms with Crippen molar-refractivity contribution in [1.82, 2.24) is 5.32 Å². The third-order valence-corrected chi connectivity index (χ3v) is 5.28. The molecular weight excluding hydrogens is 388 g/mol. The van der Waals surface area contributed by atoms with Gasteiger partial charge in [-0.25, -0.2) is 0 Å². The molecule has 0 aromatic heterocycles. The summed E-state index contributed by atoms with van der Waals surface area (Å²) in [6.45, 7) is 3.12. The van der Waals surface area contributed by atoms with E-state index in [0.717, 1.165) is 33.1 Å². The maximum Gasteiger partial charge on any atom is 0.275 e. The minimum Gasteiger partial charge on any atom is -0.497 e. The fourth-order valence-electron chi connectivity index (χ4n) is 3.72. The van der Waals surface area contributed by atoms with Crippen LogP contribution in [0.3, 0.4) is 0 Å². The minimum atomic E-state index is -0.221. The van der Waals surface area contributed by atoms with E-state index in [1.54, 1.807) is 14.2 Å². The molecule has 3 rings (SSSR count). The van der Waals surface area contributed by atoms with Crippen LogP contribution < -0.4 is 19.7 Å². The van der Waals surface area contributed by atoms with Gasteiger partial charge >= 0.3 is 0 Å². The highest BCUT2D eigenvalue weighted by molar-refractivity contribution is 5.78. The number of nitrogens with one attached hydrogen (secondary N) is 2. The molecule has 0 bridgehead atoms. The highest BCUT2D eigenvalue weighted by Crippen LogP contribution is 2.24. The molecule has 3 aromatic rings. The van der Waals surface area contributed by atoms with Gasteiger partial charge in [0.1, 0.15) is 18.0 Å². The van der Waals surface area contributed by atoms with Gasteiger partial charge < -0.3 is 19.7 Å². The van der Waals surface area contributed by atoms with Crippen LogP contribution in [0.5, 0.6) is 11.5 Å². The molecule has 0 saturated heterocycles. The van der Waals surface area contributed by atoms with Crippen molar-refractivity contribution in [2.45, 2.75) is 19.5 Å². The Morgan fingerprint density at radius 1 is 0.935 bits per heavy atom. The number of benzene rings is 3. The summed E-state index contributed by atoms with van der Waals surface area (Å²) in [6, 6.07) is 23.7. The Morgan fingerprint density at radius 2 is 1.61 bits per heavy atom. The highest BCUT2D eigenvalue weighted by atomic mass is 16.5. The molecule has 5 nitrogen and oxygen atoms in total. The van der Waals surface area contributed by atoms with E-state index < -0.39 is 0 Å². The number of amides is 1. The maximum atomic E-state index is 13.0. The SMILES string of the molecule is COc1ccc([C@@H](NC(=O)C[NH+](C)Cc2cc(C)ccc2OC)c2ccccc2)cc1. The standard InChI is InChI=1S/C26H30N2O3/c1-19-10-15-24(31-4)22(16-19)17-28(2)18-25(29)27-26(20-8-6-5-7-9-20)21-11-13-23(30-3)14-12-21/h5-16,26H,17-18H2,1-4H3,(H,27,29)/p+1/t26-/m0/s1. The van der Waals surface area contributed by atoms with Crippen LogP contribution in [0.1, 0.15) is 28.3 Å². The number of hydrogen-bond acceptors (Lipinski definition) is 3. The zero-order valence-corrected chi connectivity index (χ0v) is 18.6. The Balaban J connectivity index is 1.72. The average molecular weight is 420 g/mol. The predicted octanol–water partition coefficient (Wildman–Crippen LogP) is 2.93. The largest absolute Gasteiger partial charge is 0.497 e. The van der Waals surface area contributed by atoms with Crippen LogP contribution in [-0.2, 0) is 11.3 Å². The van der Waals surface area contributed by atoms with Crippen molar-refractivity contribution in [3.05, 3.63) is 95.1 Å². The second-order valence-corrected chi connectivity index (χ2v) is 7.81. The van der Waals surface area contributed by atoms with Crippen LogP contribution in [0.2, 0.25) is 0 Å². The van der Waals surface area contributed by atoms with Crippen molar-refractivity contribution in [3.63, 3.8) is 0 Å². The summed E-state index contributed by atoms with van der Waals surface area (Å²) in [7, 11) is 5.34. The number of rotatable bonds is 9. The molecule has 31 heavy (non-hydrogen) atoms. The summed E-state index contributed by atoms with van der Waals surface area (Å²) < 4.78 is 10.8. The van der Waals surface area contributed by atoms with Crippen LogP contribution >= 0.6 is 0 Å². The van der Waals surface area contributed by atoms with Gasteiger partial charge in [-0.3, -0.25) is 4.79 Å². The van der Waals surface area contributed by atoms with Gasteiger partial charge in [-0.05, 0) is 42.3 Å². The van der Waals surface area contributed by atoms with Gasteiger partial charge in [-0.1, -0.05) is 54.1 Å². The van der Waals surface area contributed by atoms with Crippen molar-refractivity contribution < 1.29 is 19.2 Å². The third-order valence-electron chi connectivity index (χ3n) is 5.28. The molecule has 162 valence electrons. The van der Waals surface area contributed by atoms with Crippen molar-refractivity contribution in [2.24, 2.45) is 0 Å². The van der Waals surface area contributed by atoms with Crippen LogP contribution in [0, 0.1) is 6.92 Å². The summed E-state index contributed by atoms with van der Waals surface area (Å²) >= 11 is 0. The second-order valence-electron chi connectivity index (χ2n) is 7.81. The molecule has 0 radical (unpaired) electrons. The summed E-state index contributed by atoms with van der Waals surface area (Å²) in [4.78, 5) is 14.0. The summed E-state index contributed by atoms with van der Waals surface area (Å²) in [6.07, 6.45) is 0. The van der Waals surface area contributed by atoms with E-state index in [1.165, 1.54) is 5.56 Å². The van der Waals surface area contributed by atoms with Gasteiger partial charge in [0, 0.05) is 5.56 Å². The number of hydrogen-bond donors (Lipinski definition) is 2. The van der Waals surface area contributed by atoms with E-state index in [4.69, 9.17) is 9.47 Å². The number of quaternary nitrogens is 1. The molecule has 0 heterocycles. The first kappa shape index (κ1) is 22.4. The quantitative estimate of drug-likeness (QED) is 0.561. The van der Waals surface area contributed by atoms with Gasteiger partial charge in [-0.15, -0.1) is 0 Å². The Kier molecular flexibility index (Phi) is 7.68. The lowest BCUT2D eigenvalue weighted by molar-refractivity contribution is -0.885. The third kappa shape index (κ3) is 6.09. The van der Waals surface area contributed by atoms with E-state index >= 15 is 0 Å². The topological polar surface area (TPSA) is 52.0 Å². The molecule has 0 aliphatic rings. The van der Waals surface area contributed by atoms with Crippen LogP contribution in [0.15, 0.2) is 72.8 Å². The van der Waals surface area contributed by atoms with E-state index in [1.807, 2.05) is 73.8 Å². The molecular formula is C26H31N2O3+. The number of methoxy groups -OCH3 is 2. The fraction of sp³-hybridized carbons (Fsp3) is 0.269. The number of likely N-dealkylation sites (N-methyl/N-ethyl adjacent to an activating group) is 1. The highest BCUT2D eigenvalue weighted by Gasteiger charge is 2.20. The number of aryl methyl sites for hydroxylation is 1. The molecule has 0 spiro atoms. The summed E-state index contributed by atoms with van der Waals surface area (Å²) in [5.74, 6) is 1.64. The Hall–Kier alpha value is -3.31. The van der Waals surface area contributed by atoms with E-state index in [-0.39, 0.29) is 11.9 Å². The van der Waals surface area contributed by atoms with Gasteiger partial charge in [0.25, 0.3) is 5.91 Å².